The molecule has 2 N–H and O–H groups in total. The number of rotatable bonds is 5. The SMILES string of the molecule is Cc1cccc(C(=O)Nc2ccc(C(=O)NC(C)c3ccccc3)cc2)c1. The van der Waals surface area contributed by atoms with Crippen molar-refractivity contribution in [2.45, 2.75) is 19.9 Å². The Bertz CT molecular complexity index is 934. The maximum absolute atomic E-state index is 12.4. The summed E-state index contributed by atoms with van der Waals surface area (Å²) < 4.78 is 0. The van der Waals surface area contributed by atoms with Crippen molar-refractivity contribution < 1.29 is 9.59 Å². The molecule has 0 aliphatic heterocycles. The lowest BCUT2D eigenvalue weighted by molar-refractivity contribution is 0.0939. The summed E-state index contributed by atoms with van der Waals surface area (Å²) in [5.74, 6) is -0.323. The van der Waals surface area contributed by atoms with Gasteiger partial charge in [0.15, 0.2) is 0 Å². The van der Waals surface area contributed by atoms with Gasteiger partial charge < -0.3 is 10.6 Å². The van der Waals surface area contributed by atoms with Crippen molar-refractivity contribution >= 4 is 17.5 Å². The number of aryl methyl sites for hydroxylation is 1. The summed E-state index contributed by atoms with van der Waals surface area (Å²) in [6.07, 6.45) is 0. The molecule has 27 heavy (non-hydrogen) atoms. The Labute approximate surface area is 159 Å². The molecule has 0 aliphatic rings. The summed E-state index contributed by atoms with van der Waals surface area (Å²) in [5.41, 5.74) is 3.88. The second-order valence-corrected chi connectivity index (χ2v) is 6.51. The number of benzene rings is 3. The fraction of sp³-hybridized carbons (Fsp3) is 0.130. The Morgan fingerprint density at radius 2 is 1.48 bits per heavy atom. The standard InChI is InChI=1S/C23H22N2O2/c1-16-7-6-10-20(15-16)23(27)25-21-13-11-19(12-14-21)22(26)24-17(2)18-8-4-3-5-9-18/h3-15,17H,1-2H3,(H,24,26)(H,25,27). The number of carbonyl (C=O) groups excluding carboxylic acids is 2. The van der Waals surface area contributed by atoms with E-state index in [1.807, 2.05) is 62.4 Å². The highest BCUT2D eigenvalue weighted by atomic mass is 16.2. The maximum atomic E-state index is 12.4. The molecule has 4 nitrogen and oxygen atoms in total. The van der Waals surface area contributed by atoms with Gasteiger partial charge in [0.05, 0.1) is 6.04 Å². The summed E-state index contributed by atoms with van der Waals surface area (Å²) in [6.45, 7) is 3.89. The van der Waals surface area contributed by atoms with Crippen LogP contribution in [0.1, 0.15) is 44.8 Å². The number of hydrogen-bond acceptors (Lipinski definition) is 2. The normalized spacial score (nSPS) is 11.5. The molecule has 3 rings (SSSR count). The third kappa shape index (κ3) is 4.82. The molecule has 1 unspecified atom stereocenters. The molecule has 1 atom stereocenters. The van der Waals surface area contributed by atoms with Crippen LogP contribution < -0.4 is 10.6 Å². The van der Waals surface area contributed by atoms with E-state index in [1.54, 1.807) is 30.3 Å². The Morgan fingerprint density at radius 3 is 2.15 bits per heavy atom. The molecule has 3 aromatic rings. The van der Waals surface area contributed by atoms with Gasteiger partial charge in [0, 0.05) is 16.8 Å². The van der Waals surface area contributed by atoms with Gasteiger partial charge in [-0.05, 0) is 55.8 Å². The monoisotopic (exact) mass is 358 g/mol. The van der Waals surface area contributed by atoms with Gasteiger partial charge in [0.1, 0.15) is 0 Å². The summed E-state index contributed by atoms with van der Waals surface area (Å²) >= 11 is 0. The molecule has 3 aromatic carbocycles. The Balaban J connectivity index is 1.63. The molecule has 0 saturated heterocycles. The quantitative estimate of drug-likeness (QED) is 0.692. The van der Waals surface area contributed by atoms with Crippen LogP contribution in [0.5, 0.6) is 0 Å². The van der Waals surface area contributed by atoms with Crippen molar-refractivity contribution in [3.8, 4) is 0 Å². The van der Waals surface area contributed by atoms with Gasteiger partial charge in [-0.15, -0.1) is 0 Å². The molecule has 0 aliphatic carbocycles. The van der Waals surface area contributed by atoms with E-state index in [2.05, 4.69) is 10.6 Å². The second kappa shape index (κ2) is 8.32. The molecule has 4 heteroatoms. The molecule has 2 amide bonds. The highest BCUT2D eigenvalue weighted by Crippen LogP contribution is 2.15. The third-order valence-electron chi connectivity index (χ3n) is 4.33. The predicted octanol–water partition coefficient (Wildman–Crippen LogP) is 4.74. The molecule has 0 radical (unpaired) electrons. The molecule has 136 valence electrons. The highest BCUT2D eigenvalue weighted by molar-refractivity contribution is 6.04. The zero-order chi connectivity index (χ0) is 19.2. The average molecular weight is 358 g/mol. The molecule has 0 saturated carbocycles. The van der Waals surface area contributed by atoms with Crippen LogP contribution in [-0.2, 0) is 0 Å². The summed E-state index contributed by atoms with van der Waals surface area (Å²) in [6, 6.07) is 24.0. The Kier molecular flexibility index (Phi) is 5.67. The number of amides is 2. The largest absolute Gasteiger partial charge is 0.346 e. The number of hydrogen-bond donors (Lipinski definition) is 2. The predicted molar refractivity (Wildman–Crippen MR) is 108 cm³/mol. The number of nitrogens with one attached hydrogen (secondary N) is 2. The van der Waals surface area contributed by atoms with Crippen LogP contribution >= 0.6 is 0 Å². The van der Waals surface area contributed by atoms with E-state index in [1.165, 1.54) is 0 Å². The summed E-state index contributed by atoms with van der Waals surface area (Å²) in [5, 5.41) is 5.83. The van der Waals surface area contributed by atoms with Crippen molar-refractivity contribution in [2.75, 3.05) is 5.32 Å². The van der Waals surface area contributed by atoms with Crippen molar-refractivity contribution in [3.05, 3.63) is 101 Å². The van der Waals surface area contributed by atoms with Gasteiger partial charge in [-0.3, -0.25) is 9.59 Å². The van der Waals surface area contributed by atoms with E-state index < -0.39 is 0 Å². The van der Waals surface area contributed by atoms with Crippen LogP contribution in [0, 0.1) is 6.92 Å². The first kappa shape index (κ1) is 18.4. The van der Waals surface area contributed by atoms with Crippen molar-refractivity contribution in [1.29, 1.82) is 0 Å². The Hall–Kier alpha value is -3.40. The minimum Gasteiger partial charge on any atom is -0.346 e. The fourth-order valence-corrected chi connectivity index (χ4v) is 2.80. The van der Waals surface area contributed by atoms with Gasteiger partial charge in [-0.25, -0.2) is 0 Å². The van der Waals surface area contributed by atoms with E-state index in [0.717, 1.165) is 11.1 Å². The molecular formula is C23H22N2O2. The van der Waals surface area contributed by atoms with Gasteiger partial charge >= 0.3 is 0 Å². The lowest BCUT2D eigenvalue weighted by Crippen LogP contribution is -2.26. The van der Waals surface area contributed by atoms with E-state index in [9.17, 15) is 9.59 Å². The van der Waals surface area contributed by atoms with Gasteiger partial charge in [-0.1, -0.05) is 48.0 Å². The first-order valence-corrected chi connectivity index (χ1v) is 8.87. The van der Waals surface area contributed by atoms with Crippen LogP contribution in [0.4, 0.5) is 5.69 Å². The van der Waals surface area contributed by atoms with Gasteiger partial charge in [0.25, 0.3) is 11.8 Å². The number of carbonyl (C=O) groups is 2. The van der Waals surface area contributed by atoms with Crippen molar-refractivity contribution in [2.24, 2.45) is 0 Å². The van der Waals surface area contributed by atoms with Gasteiger partial charge in [-0.2, -0.15) is 0 Å². The van der Waals surface area contributed by atoms with Crippen molar-refractivity contribution in [3.63, 3.8) is 0 Å². The van der Waals surface area contributed by atoms with Gasteiger partial charge in [0.2, 0.25) is 0 Å². The first-order valence-electron chi connectivity index (χ1n) is 8.87. The summed E-state index contributed by atoms with van der Waals surface area (Å²) in [4.78, 5) is 24.7. The average Bonchev–Trinajstić information content (AvgIpc) is 2.69. The maximum Gasteiger partial charge on any atom is 0.255 e. The molecular weight excluding hydrogens is 336 g/mol. The van der Waals surface area contributed by atoms with Crippen LogP contribution in [0.2, 0.25) is 0 Å². The molecule has 0 fully saturated rings. The van der Waals surface area contributed by atoms with E-state index in [4.69, 9.17) is 0 Å². The highest BCUT2D eigenvalue weighted by Gasteiger charge is 2.12. The summed E-state index contributed by atoms with van der Waals surface area (Å²) in [7, 11) is 0. The molecule has 0 aromatic heterocycles. The smallest absolute Gasteiger partial charge is 0.255 e. The lowest BCUT2D eigenvalue weighted by Gasteiger charge is -2.14. The van der Waals surface area contributed by atoms with E-state index >= 15 is 0 Å². The van der Waals surface area contributed by atoms with E-state index in [-0.39, 0.29) is 17.9 Å². The number of anilines is 1. The lowest BCUT2D eigenvalue weighted by atomic mass is 10.1. The van der Waals surface area contributed by atoms with Crippen molar-refractivity contribution in [1.82, 2.24) is 5.32 Å². The zero-order valence-corrected chi connectivity index (χ0v) is 15.4. The van der Waals surface area contributed by atoms with E-state index in [0.29, 0.717) is 16.8 Å². The van der Waals surface area contributed by atoms with Crippen LogP contribution in [0.15, 0.2) is 78.9 Å². The fourth-order valence-electron chi connectivity index (χ4n) is 2.80. The third-order valence-corrected chi connectivity index (χ3v) is 4.33. The molecule has 0 spiro atoms. The van der Waals surface area contributed by atoms with Crippen LogP contribution in [-0.4, -0.2) is 11.8 Å². The topological polar surface area (TPSA) is 58.2 Å². The zero-order valence-electron chi connectivity index (χ0n) is 15.4. The Morgan fingerprint density at radius 1 is 0.778 bits per heavy atom. The first-order chi connectivity index (χ1) is 13.0. The van der Waals surface area contributed by atoms with Crippen LogP contribution in [0.3, 0.4) is 0 Å². The minimum absolute atomic E-state index is 0.0839. The molecule has 0 bridgehead atoms. The minimum atomic E-state index is -0.173. The second-order valence-electron chi connectivity index (χ2n) is 6.51. The van der Waals surface area contributed by atoms with Crippen LogP contribution in [0.25, 0.3) is 0 Å². The molecule has 0 heterocycles.